The van der Waals surface area contributed by atoms with Gasteiger partial charge in [-0.05, 0) is 73.3 Å². The topological polar surface area (TPSA) is 167 Å². The van der Waals surface area contributed by atoms with Crippen LogP contribution < -0.4 is 26.4 Å². The van der Waals surface area contributed by atoms with Gasteiger partial charge >= 0.3 is 5.97 Å². The maximum absolute atomic E-state index is 14.1. The highest BCUT2D eigenvalue weighted by atomic mass is 32.1. The molecule has 200 valence electrons. The van der Waals surface area contributed by atoms with E-state index >= 15 is 0 Å². The van der Waals surface area contributed by atoms with Crippen LogP contribution in [0.3, 0.4) is 0 Å². The van der Waals surface area contributed by atoms with Gasteiger partial charge in [0.15, 0.2) is 5.69 Å². The van der Waals surface area contributed by atoms with E-state index in [0.29, 0.717) is 28.5 Å². The maximum atomic E-state index is 14.1. The molecule has 0 fully saturated rings. The Kier molecular flexibility index (Phi) is 9.02. The van der Waals surface area contributed by atoms with Crippen LogP contribution in [0.15, 0.2) is 42.5 Å². The number of benzene rings is 2. The van der Waals surface area contributed by atoms with Crippen molar-refractivity contribution < 1.29 is 28.7 Å². The predicted molar refractivity (Wildman–Crippen MR) is 143 cm³/mol. The predicted octanol–water partition coefficient (Wildman–Crippen LogP) is 2.52. The lowest BCUT2D eigenvalue weighted by atomic mass is 10.0. The first-order valence-corrected chi connectivity index (χ1v) is 12.4. The Morgan fingerprint density at radius 3 is 2.24 bits per heavy atom. The molecule has 5 N–H and O–H groups in total. The summed E-state index contributed by atoms with van der Waals surface area (Å²) in [5.74, 6) is -2.29. The second-order valence-corrected chi connectivity index (χ2v) is 9.13. The van der Waals surface area contributed by atoms with Gasteiger partial charge in [0.2, 0.25) is 5.91 Å². The Morgan fingerprint density at radius 2 is 1.71 bits per heavy atom. The minimum absolute atomic E-state index is 0.0605. The number of nitrogen functional groups attached to an aromatic ring is 1. The molecule has 3 rings (SSSR count). The van der Waals surface area contributed by atoms with Gasteiger partial charge in [-0.2, -0.15) is 4.37 Å². The number of hydrogen-bond acceptors (Lipinski definition) is 9. The van der Waals surface area contributed by atoms with Crippen molar-refractivity contribution in [1.82, 2.24) is 9.69 Å². The number of rotatable bonds is 10. The summed E-state index contributed by atoms with van der Waals surface area (Å²) in [6.45, 7) is 5.11. The van der Waals surface area contributed by atoms with Gasteiger partial charge in [-0.25, -0.2) is 0 Å². The highest BCUT2D eigenvalue weighted by Crippen LogP contribution is 2.34. The van der Waals surface area contributed by atoms with Gasteiger partial charge in [-0.1, -0.05) is 18.2 Å². The number of nitrogens with one attached hydrogen (secondary N) is 1. The molecular formula is C26H29N5O6S. The van der Waals surface area contributed by atoms with Crippen molar-refractivity contribution in [2.24, 2.45) is 5.73 Å². The van der Waals surface area contributed by atoms with Gasteiger partial charge in [-0.15, -0.1) is 0 Å². The fraction of sp³-hybridized carbons (Fsp3) is 0.269. The number of anilines is 2. The summed E-state index contributed by atoms with van der Waals surface area (Å²) in [6.07, 6.45) is 0. The summed E-state index contributed by atoms with van der Waals surface area (Å²) in [6, 6.07) is 10.7. The molecule has 0 aliphatic rings. The molecule has 12 heteroatoms. The highest BCUT2D eigenvalue weighted by Gasteiger charge is 2.36. The molecule has 0 bridgehead atoms. The largest absolute Gasteiger partial charge is 0.497 e. The van der Waals surface area contributed by atoms with Crippen LogP contribution in [-0.4, -0.2) is 48.3 Å². The van der Waals surface area contributed by atoms with Crippen molar-refractivity contribution in [3.63, 3.8) is 0 Å². The summed E-state index contributed by atoms with van der Waals surface area (Å²) < 4.78 is 14.1. The first-order valence-electron chi connectivity index (χ1n) is 11.6. The maximum Gasteiger partial charge on any atom is 0.325 e. The minimum atomic E-state index is -1.25. The molecule has 1 heterocycles. The summed E-state index contributed by atoms with van der Waals surface area (Å²) in [4.78, 5) is 52.7. The molecule has 3 amide bonds. The summed E-state index contributed by atoms with van der Waals surface area (Å²) >= 11 is 0.706. The summed E-state index contributed by atoms with van der Waals surface area (Å²) in [7, 11) is 1.51. The van der Waals surface area contributed by atoms with Crippen LogP contribution in [0, 0.1) is 13.8 Å². The Bertz CT molecular complexity index is 1330. The van der Waals surface area contributed by atoms with E-state index < -0.39 is 36.3 Å². The zero-order chi connectivity index (χ0) is 28.0. The number of carbonyl (C=O) groups is 4. The molecule has 0 saturated heterocycles. The first-order chi connectivity index (χ1) is 18.1. The summed E-state index contributed by atoms with van der Waals surface area (Å²) in [5.41, 5.74) is 13.5. The van der Waals surface area contributed by atoms with E-state index in [2.05, 4.69) is 9.69 Å². The second kappa shape index (κ2) is 12.2. The molecule has 1 atom stereocenters. The van der Waals surface area contributed by atoms with Crippen LogP contribution >= 0.6 is 11.5 Å². The molecule has 38 heavy (non-hydrogen) atoms. The Hall–Kier alpha value is -4.45. The van der Waals surface area contributed by atoms with Gasteiger partial charge in [0.1, 0.15) is 23.2 Å². The number of amides is 3. The van der Waals surface area contributed by atoms with Gasteiger partial charge in [-0.3, -0.25) is 24.1 Å². The molecule has 0 unspecified atom stereocenters. The number of nitrogens with two attached hydrogens (primary N) is 2. The van der Waals surface area contributed by atoms with E-state index in [4.69, 9.17) is 20.9 Å². The molecule has 0 aliphatic carbocycles. The van der Waals surface area contributed by atoms with Crippen LogP contribution in [0.4, 0.5) is 11.4 Å². The van der Waals surface area contributed by atoms with Crippen LogP contribution in [0.1, 0.15) is 49.8 Å². The van der Waals surface area contributed by atoms with Crippen molar-refractivity contribution in [3.05, 3.63) is 69.7 Å². The number of hydrogen-bond donors (Lipinski definition) is 3. The lowest BCUT2D eigenvalue weighted by Crippen LogP contribution is -2.45. The number of nitrogens with zero attached hydrogens (tertiary/aromatic N) is 2. The average molecular weight is 540 g/mol. The molecular weight excluding hydrogens is 510 g/mol. The van der Waals surface area contributed by atoms with E-state index in [1.807, 2.05) is 19.9 Å². The third kappa shape index (κ3) is 6.27. The van der Waals surface area contributed by atoms with Crippen molar-refractivity contribution >= 4 is 46.6 Å². The molecule has 2 aromatic carbocycles. The molecule has 0 aliphatic heterocycles. The van der Waals surface area contributed by atoms with E-state index in [9.17, 15) is 19.2 Å². The Balaban J connectivity index is 2.20. The second-order valence-electron chi connectivity index (χ2n) is 8.36. The van der Waals surface area contributed by atoms with Gasteiger partial charge in [0.25, 0.3) is 11.8 Å². The smallest absolute Gasteiger partial charge is 0.325 e. The lowest BCUT2D eigenvalue weighted by molar-refractivity contribution is -0.143. The molecule has 3 aromatic rings. The summed E-state index contributed by atoms with van der Waals surface area (Å²) in [5, 5.41) is 2.56. The number of aryl methyl sites for hydroxylation is 2. The third-order valence-corrected chi connectivity index (χ3v) is 6.36. The molecule has 1 aromatic heterocycles. The Labute approximate surface area is 223 Å². The highest BCUT2D eigenvalue weighted by molar-refractivity contribution is 7.09. The van der Waals surface area contributed by atoms with Gasteiger partial charge in [0, 0.05) is 5.69 Å². The lowest BCUT2D eigenvalue weighted by Gasteiger charge is -2.31. The van der Waals surface area contributed by atoms with Crippen LogP contribution in [0.5, 0.6) is 5.75 Å². The van der Waals surface area contributed by atoms with Crippen molar-refractivity contribution in [2.45, 2.75) is 26.8 Å². The van der Waals surface area contributed by atoms with E-state index in [1.54, 1.807) is 43.3 Å². The number of esters is 1. The van der Waals surface area contributed by atoms with Crippen molar-refractivity contribution in [1.29, 1.82) is 0 Å². The normalized spacial score (nSPS) is 11.4. The molecule has 0 spiro atoms. The molecule has 0 radical (unpaired) electrons. The fourth-order valence-electron chi connectivity index (χ4n) is 3.88. The van der Waals surface area contributed by atoms with Crippen LogP contribution in [0.25, 0.3) is 0 Å². The van der Waals surface area contributed by atoms with E-state index in [-0.39, 0.29) is 22.9 Å². The molecule has 0 saturated carbocycles. The van der Waals surface area contributed by atoms with Gasteiger partial charge < -0.3 is 26.3 Å². The zero-order valence-corrected chi connectivity index (χ0v) is 22.3. The van der Waals surface area contributed by atoms with E-state index in [1.165, 1.54) is 12.0 Å². The SMILES string of the molecule is CCOC(=O)CNC(=O)[C@H](c1ccc(OC)cc1)N(C(=O)c1snc(C(N)=O)c1N)c1cc(C)cc(C)c1. The monoisotopic (exact) mass is 539 g/mol. The number of methoxy groups -OCH3 is 1. The number of ether oxygens (including phenoxy) is 2. The van der Waals surface area contributed by atoms with Crippen molar-refractivity contribution in [2.75, 3.05) is 30.9 Å². The average Bonchev–Trinajstić information content (AvgIpc) is 3.26. The third-order valence-electron chi connectivity index (χ3n) is 5.51. The number of aromatic nitrogens is 1. The quantitative estimate of drug-likeness (QED) is 0.330. The van der Waals surface area contributed by atoms with Gasteiger partial charge in [0.05, 0.1) is 19.4 Å². The zero-order valence-electron chi connectivity index (χ0n) is 21.4. The van der Waals surface area contributed by atoms with Crippen LogP contribution in [-0.2, 0) is 14.3 Å². The van der Waals surface area contributed by atoms with Crippen LogP contribution in [0.2, 0.25) is 0 Å². The number of carbonyl (C=O) groups excluding carboxylic acids is 4. The van der Waals surface area contributed by atoms with E-state index in [0.717, 1.165) is 11.1 Å². The fourth-order valence-corrected chi connectivity index (χ4v) is 4.63. The standard InChI is InChI=1S/C26H29N5O6S/c1-5-37-19(32)13-29-25(34)22(16-6-8-18(36-4)9-7-16)31(17-11-14(2)10-15(3)12-17)26(35)23-20(27)21(24(28)33)30-38-23/h6-12,22H,5,13,27H2,1-4H3,(H2,28,33)(H,29,34)/t22-/m0/s1. The first kappa shape index (κ1) is 28.1. The van der Waals surface area contributed by atoms with Crippen molar-refractivity contribution in [3.8, 4) is 5.75 Å². The molecule has 11 nitrogen and oxygen atoms in total. The Morgan fingerprint density at radius 1 is 1.08 bits per heavy atom. The number of primary amides is 1. The minimum Gasteiger partial charge on any atom is -0.497 e.